The highest BCUT2D eigenvalue weighted by Crippen LogP contribution is 2.42. The van der Waals surface area contributed by atoms with Crippen molar-refractivity contribution in [1.29, 1.82) is 0 Å². The van der Waals surface area contributed by atoms with Gasteiger partial charge >= 0.3 is 0 Å². The Morgan fingerprint density at radius 1 is 1.11 bits per heavy atom. The summed E-state index contributed by atoms with van der Waals surface area (Å²) in [6.07, 6.45) is 6.67. The van der Waals surface area contributed by atoms with Crippen molar-refractivity contribution in [1.82, 2.24) is 4.90 Å². The van der Waals surface area contributed by atoms with Gasteiger partial charge in [0.1, 0.15) is 17.2 Å². The second kappa shape index (κ2) is 8.89. The van der Waals surface area contributed by atoms with Crippen LogP contribution in [0.15, 0.2) is 48.0 Å². The smallest absolute Gasteiger partial charge is 0.123 e. The van der Waals surface area contributed by atoms with E-state index < -0.39 is 5.60 Å². The van der Waals surface area contributed by atoms with E-state index >= 15 is 0 Å². The van der Waals surface area contributed by atoms with Crippen LogP contribution in [0.25, 0.3) is 6.08 Å². The molecule has 0 aromatic heterocycles. The van der Waals surface area contributed by atoms with Crippen molar-refractivity contribution >= 4 is 6.08 Å². The SMILES string of the molecule is COc1ccc(C=C2CCCCCC2(O)c2ccc(F)cc2CN(C)C)cc1. The van der Waals surface area contributed by atoms with E-state index in [1.807, 2.05) is 43.3 Å². The first-order valence-corrected chi connectivity index (χ1v) is 9.93. The average Bonchev–Trinajstić information content (AvgIpc) is 2.84. The molecule has 1 fully saturated rings. The maximum absolute atomic E-state index is 14.0. The minimum absolute atomic E-state index is 0.265. The van der Waals surface area contributed by atoms with E-state index in [1.165, 1.54) is 6.07 Å². The molecule has 2 aromatic rings. The first-order valence-electron chi connectivity index (χ1n) is 9.93. The molecule has 4 heteroatoms. The number of halogens is 1. The summed E-state index contributed by atoms with van der Waals surface area (Å²) in [6, 6.07) is 12.6. The summed E-state index contributed by atoms with van der Waals surface area (Å²) in [4.78, 5) is 2.01. The first kappa shape index (κ1) is 20.6. The lowest BCUT2D eigenvalue weighted by atomic mass is 9.79. The van der Waals surface area contributed by atoms with E-state index in [0.29, 0.717) is 13.0 Å². The van der Waals surface area contributed by atoms with E-state index in [0.717, 1.165) is 53.7 Å². The Morgan fingerprint density at radius 2 is 1.86 bits per heavy atom. The van der Waals surface area contributed by atoms with Crippen LogP contribution in [0.2, 0.25) is 0 Å². The molecule has 1 atom stereocenters. The van der Waals surface area contributed by atoms with E-state index in [2.05, 4.69) is 6.08 Å². The van der Waals surface area contributed by atoms with Gasteiger partial charge in [0, 0.05) is 6.54 Å². The summed E-state index contributed by atoms with van der Waals surface area (Å²) in [5.41, 5.74) is 2.63. The van der Waals surface area contributed by atoms with Crippen molar-refractivity contribution < 1.29 is 14.2 Å². The molecule has 3 rings (SSSR count). The number of ether oxygens (including phenoxy) is 1. The maximum Gasteiger partial charge on any atom is 0.123 e. The van der Waals surface area contributed by atoms with Crippen molar-refractivity contribution in [2.24, 2.45) is 0 Å². The van der Waals surface area contributed by atoms with Gasteiger partial charge in [0.2, 0.25) is 0 Å². The third-order valence-electron chi connectivity index (χ3n) is 5.47. The van der Waals surface area contributed by atoms with E-state index in [-0.39, 0.29) is 5.82 Å². The molecule has 1 unspecified atom stereocenters. The summed E-state index contributed by atoms with van der Waals surface area (Å²) in [5, 5.41) is 11.9. The van der Waals surface area contributed by atoms with Gasteiger partial charge in [-0.3, -0.25) is 0 Å². The molecular weight excluding hydrogens is 353 g/mol. The van der Waals surface area contributed by atoms with Gasteiger partial charge in [-0.1, -0.05) is 30.7 Å². The van der Waals surface area contributed by atoms with Crippen LogP contribution in [-0.4, -0.2) is 31.2 Å². The molecule has 3 nitrogen and oxygen atoms in total. The van der Waals surface area contributed by atoms with Gasteiger partial charge in [-0.25, -0.2) is 4.39 Å². The predicted molar refractivity (Wildman–Crippen MR) is 112 cm³/mol. The highest BCUT2D eigenvalue weighted by molar-refractivity contribution is 5.58. The molecular formula is C24H30FNO2. The minimum atomic E-state index is -1.07. The molecule has 1 aliphatic rings. The second-order valence-corrected chi connectivity index (χ2v) is 7.90. The first-order chi connectivity index (χ1) is 13.4. The highest BCUT2D eigenvalue weighted by atomic mass is 19.1. The quantitative estimate of drug-likeness (QED) is 0.727. The van der Waals surface area contributed by atoms with Crippen LogP contribution < -0.4 is 4.74 Å². The van der Waals surface area contributed by atoms with Crippen LogP contribution in [-0.2, 0) is 12.1 Å². The molecule has 1 N–H and O–H groups in total. The molecule has 0 saturated heterocycles. The fourth-order valence-corrected chi connectivity index (χ4v) is 4.08. The molecule has 0 radical (unpaired) electrons. The van der Waals surface area contributed by atoms with Crippen molar-refractivity contribution in [2.45, 2.75) is 44.2 Å². The number of rotatable bonds is 5. The Labute approximate surface area is 167 Å². The molecule has 0 heterocycles. The van der Waals surface area contributed by atoms with Gasteiger partial charge in [0.05, 0.1) is 7.11 Å². The van der Waals surface area contributed by atoms with Gasteiger partial charge in [0.25, 0.3) is 0 Å². The molecule has 1 saturated carbocycles. The van der Waals surface area contributed by atoms with Gasteiger partial charge < -0.3 is 14.7 Å². The van der Waals surface area contributed by atoms with Gasteiger partial charge in [-0.15, -0.1) is 0 Å². The number of hydrogen-bond acceptors (Lipinski definition) is 3. The Kier molecular flexibility index (Phi) is 6.53. The second-order valence-electron chi connectivity index (χ2n) is 7.90. The molecule has 2 aromatic carbocycles. The topological polar surface area (TPSA) is 32.7 Å². The predicted octanol–water partition coefficient (Wildman–Crippen LogP) is 5.13. The zero-order valence-corrected chi connectivity index (χ0v) is 17.0. The Bertz CT molecular complexity index is 829. The standard InChI is InChI=1S/C24H30FNO2/c1-26(2)17-19-16-21(25)10-13-23(19)24(27)14-6-4-5-7-20(24)15-18-8-11-22(28-3)12-9-18/h8-13,15-16,27H,4-7,14,17H2,1-3H3. The summed E-state index contributed by atoms with van der Waals surface area (Å²) < 4.78 is 19.2. The molecule has 0 bridgehead atoms. The van der Waals surface area contributed by atoms with Crippen molar-refractivity contribution in [3.63, 3.8) is 0 Å². The normalized spacial score (nSPS) is 21.7. The Hall–Kier alpha value is -2.17. The number of aliphatic hydroxyl groups is 1. The lowest BCUT2D eigenvalue weighted by Crippen LogP contribution is -2.30. The van der Waals surface area contributed by atoms with E-state index in [1.54, 1.807) is 19.2 Å². The van der Waals surface area contributed by atoms with E-state index in [9.17, 15) is 9.50 Å². The molecule has 150 valence electrons. The Balaban J connectivity index is 2.07. The maximum atomic E-state index is 14.0. The van der Waals surface area contributed by atoms with E-state index in [4.69, 9.17) is 4.74 Å². The highest BCUT2D eigenvalue weighted by Gasteiger charge is 2.36. The lowest BCUT2D eigenvalue weighted by Gasteiger charge is -2.33. The van der Waals surface area contributed by atoms with Crippen LogP contribution in [0.1, 0.15) is 48.8 Å². The molecule has 0 spiro atoms. The van der Waals surface area contributed by atoms with Crippen molar-refractivity contribution in [2.75, 3.05) is 21.2 Å². The lowest BCUT2D eigenvalue weighted by molar-refractivity contribution is 0.0650. The molecule has 0 amide bonds. The molecule has 28 heavy (non-hydrogen) atoms. The Morgan fingerprint density at radius 3 is 2.54 bits per heavy atom. The number of nitrogens with zero attached hydrogens (tertiary/aromatic N) is 1. The summed E-state index contributed by atoms with van der Waals surface area (Å²) in [7, 11) is 5.57. The van der Waals surface area contributed by atoms with Gasteiger partial charge in [-0.05, 0) is 86.3 Å². The van der Waals surface area contributed by atoms with Crippen LogP contribution in [0.3, 0.4) is 0 Å². The monoisotopic (exact) mass is 383 g/mol. The number of benzene rings is 2. The van der Waals surface area contributed by atoms with Crippen molar-refractivity contribution in [3.05, 3.63) is 70.5 Å². The number of methoxy groups -OCH3 is 1. The third-order valence-corrected chi connectivity index (χ3v) is 5.47. The van der Waals surface area contributed by atoms with Crippen LogP contribution in [0.5, 0.6) is 5.75 Å². The van der Waals surface area contributed by atoms with Gasteiger partial charge in [-0.2, -0.15) is 0 Å². The van der Waals surface area contributed by atoms with Crippen molar-refractivity contribution in [3.8, 4) is 5.75 Å². The van der Waals surface area contributed by atoms with Crippen LogP contribution in [0, 0.1) is 5.82 Å². The summed E-state index contributed by atoms with van der Waals surface area (Å²) in [6.45, 7) is 0.589. The molecule has 0 aliphatic heterocycles. The minimum Gasteiger partial charge on any atom is -0.497 e. The summed E-state index contributed by atoms with van der Waals surface area (Å²) in [5.74, 6) is 0.545. The van der Waals surface area contributed by atoms with Crippen LogP contribution >= 0.6 is 0 Å². The fourth-order valence-electron chi connectivity index (χ4n) is 4.08. The largest absolute Gasteiger partial charge is 0.497 e. The number of hydrogen-bond donors (Lipinski definition) is 1. The van der Waals surface area contributed by atoms with Crippen LogP contribution in [0.4, 0.5) is 4.39 Å². The summed E-state index contributed by atoms with van der Waals surface area (Å²) >= 11 is 0. The molecule has 1 aliphatic carbocycles. The zero-order chi connectivity index (χ0) is 20.1. The third kappa shape index (κ3) is 4.62. The zero-order valence-electron chi connectivity index (χ0n) is 17.0. The average molecular weight is 384 g/mol. The van der Waals surface area contributed by atoms with Gasteiger partial charge in [0.15, 0.2) is 0 Å². The fraction of sp³-hybridized carbons (Fsp3) is 0.417.